The number of aryl methyl sites for hydroxylation is 1. The van der Waals surface area contributed by atoms with Crippen LogP contribution in [0.2, 0.25) is 0 Å². The van der Waals surface area contributed by atoms with Crippen LogP contribution in [0.15, 0.2) is 0 Å². The first kappa shape index (κ1) is 13.9. The van der Waals surface area contributed by atoms with E-state index in [1.807, 2.05) is 7.05 Å². The lowest BCUT2D eigenvalue weighted by Crippen LogP contribution is -2.29. The molecule has 0 unspecified atom stereocenters. The van der Waals surface area contributed by atoms with Gasteiger partial charge in [0.1, 0.15) is 0 Å². The number of nitrogens with two attached hydrogens (primary N) is 1. The van der Waals surface area contributed by atoms with Crippen LogP contribution in [0.4, 0.5) is 5.82 Å². The van der Waals surface area contributed by atoms with E-state index >= 15 is 0 Å². The van der Waals surface area contributed by atoms with Gasteiger partial charge in [-0.2, -0.15) is 5.10 Å². The summed E-state index contributed by atoms with van der Waals surface area (Å²) in [6, 6.07) is 0.395. The van der Waals surface area contributed by atoms with Gasteiger partial charge in [0.25, 0.3) is 0 Å². The Morgan fingerprint density at radius 2 is 1.76 bits per heavy atom. The zero-order valence-corrected chi connectivity index (χ0v) is 11.6. The lowest BCUT2D eigenvalue weighted by Gasteiger charge is -2.26. The minimum Gasteiger partial charge on any atom is -0.355 e. The van der Waals surface area contributed by atoms with E-state index in [9.17, 15) is 0 Å². The van der Waals surface area contributed by atoms with Crippen molar-refractivity contribution in [2.24, 2.45) is 5.73 Å². The van der Waals surface area contributed by atoms with Crippen molar-refractivity contribution >= 4 is 5.82 Å². The van der Waals surface area contributed by atoms with E-state index in [2.05, 4.69) is 42.8 Å². The van der Waals surface area contributed by atoms with Crippen LogP contribution < -0.4 is 10.6 Å². The summed E-state index contributed by atoms with van der Waals surface area (Å²) in [5.41, 5.74) is 9.39. The van der Waals surface area contributed by atoms with Crippen LogP contribution in [-0.4, -0.2) is 23.3 Å². The molecule has 2 N–H and O–H groups in total. The molecule has 0 aliphatic heterocycles. The average molecular weight is 236 g/mol. The summed E-state index contributed by atoms with van der Waals surface area (Å²) >= 11 is 0. The van der Waals surface area contributed by atoms with Crippen LogP contribution in [0.25, 0.3) is 0 Å². The number of nitrogens with zero attached hydrogens (tertiary/aromatic N) is 3. The van der Waals surface area contributed by atoms with Crippen molar-refractivity contribution in [2.75, 3.05) is 11.9 Å². The fraction of sp³-hybridized carbons (Fsp3) is 0.692. The SMILES string of the molecule is CCc1nnc(N(C)C(C)C)c(CN)c1CC. The van der Waals surface area contributed by atoms with E-state index in [0.717, 1.165) is 29.9 Å². The predicted molar refractivity (Wildman–Crippen MR) is 72.2 cm³/mol. The van der Waals surface area contributed by atoms with Crippen LogP contribution >= 0.6 is 0 Å². The second kappa shape index (κ2) is 5.96. The second-order valence-corrected chi connectivity index (χ2v) is 4.54. The van der Waals surface area contributed by atoms with Crippen LogP contribution in [-0.2, 0) is 19.4 Å². The summed E-state index contributed by atoms with van der Waals surface area (Å²) < 4.78 is 0. The Kier molecular flexibility index (Phi) is 4.87. The zero-order valence-electron chi connectivity index (χ0n) is 11.6. The second-order valence-electron chi connectivity index (χ2n) is 4.54. The number of rotatable bonds is 5. The Labute approximate surface area is 104 Å². The Bertz CT molecular complexity index is 374. The number of hydrogen-bond donors (Lipinski definition) is 1. The van der Waals surface area contributed by atoms with Gasteiger partial charge in [-0.3, -0.25) is 0 Å². The molecule has 0 aliphatic carbocycles. The van der Waals surface area contributed by atoms with Gasteiger partial charge in [0.15, 0.2) is 5.82 Å². The molecule has 96 valence electrons. The fourth-order valence-corrected chi connectivity index (χ4v) is 1.98. The summed E-state index contributed by atoms with van der Waals surface area (Å²) in [5.74, 6) is 0.927. The molecule has 0 saturated heterocycles. The van der Waals surface area contributed by atoms with Crippen molar-refractivity contribution in [3.05, 3.63) is 16.8 Å². The van der Waals surface area contributed by atoms with Crippen LogP contribution in [0.3, 0.4) is 0 Å². The van der Waals surface area contributed by atoms with E-state index in [4.69, 9.17) is 5.73 Å². The topological polar surface area (TPSA) is 55.0 Å². The van der Waals surface area contributed by atoms with Crippen LogP contribution in [0.5, 0.6) is 0 Å². The molecule has 4 nitrogen and oxygen atoms in total. The largest absolute Gasteiger partial charge is 0.355 e. The molecule has 0 atom stereocenters. The third kappa shape index (κ3) is 2.75. The lowest BCUT2D eigenvalue weighted by molar-refractivity contribution is 0.715. The monoisotopic (exact) mass is 236 g/mol. The molecule has 4 heteroatoms. The van der Waals surface area contributed by atoms with E-state index in [0.29, 0.717) is 12.6 Å². The van der Waals surface area contributed by atoms with Gasteiger partial charge in [-0.1, -0.05) is 13.8 Å². The maximum atomic E-state index is 5.89. The zero-order chi connectivity index (χ0) is 13.0. The predicted octanol–water partition coefficient (Wildman–Crippen LogP) is 1.90. The summed E-state index contributed by atoms with van der Waals surface area (Å²) in [5, 5.41) is 8.68. The highest BCUT2D eigenvalue weighted by Gasteiger charge is 2.17. The molecule has 0 bridgehead atoms. The van der Waals surface area contributed by atoms with Gasteiger partial charge in [-0.05, 0) is 32.3 Å². The highest BCUT2D eigenvalue weighted by molar-refractivity contribution is 5.51. The van der Waals surface area contributed by atoms with E-state index in [1.54, 1.807) is 0 Å². The lowest BCUT2D eigenvalue weighted by atomic mass is 10.0. The Morgan fingerprint density at radius 3 is 2.18 bits per heavy atom. The first-order chi connectivity index (χ1) is 8.06. The molecule has 0 saturated carbocycles. The molecule has 1 rings (SSSR count). The third-order valence-electron chi connectivity index (χ3n) is 3.25. The summed E-state index contributed by atoms with van der Waals surface area (Å²) in [6.07, 6.45) is 1.87. The minimum absolute atomic E-state index is 0.395. The fourth-order valence-electron chi connectivity index (χ4n) is 1.98. The molecular formula is C13H24N4. The maximum Gasteiger partial charge on any atom is 0.156 e. The standard InChI is InChI=1S/C13H24N4/c1-6-10-11(8-14)13(17(5)9(3)4)16-15-12(10)7-2/h9H,6-8,14H2,1-5H3. The molecule has 0 aliphatic rings. The Morgan fingerprint density at radius 1 is 1.12 bits per heavy atom. The van der Waals surface area contributed by atoms with Crippen molar-refractivity contribution < 1.29 is 0 Å². The van der Waals surface area contributed by atoms with Crippen molar-refractivity contribution in [3.8, 4) is 0 Å². The molecule has 0 amide bonds. The maximum absolute atomic E-state index is 5.89. The Balaban J connectivity index is 3.32. The van der Waals surface area contributed by atoms with Crippen molar-refractivity contribution in [2.45, 2.75) is 53.1 Å². The third-order valence-corrected chi connectivity index (χ3v) is 3.25. The number of aromatic nitrogens is 2. The number of anilines is 1. The van der Waals surface area contributed by atoms with Crippen LogP contribution in [0.1, 0.15) is 44.5 Å². The molecular weight excluding hydrogens is 212 g/mol. The van der Waals surface area contributed by atoms with E-state index < -0.39 is 0 Å². The van der Waals surface area contributed by atoms with Crippen molar-refractivity contribution in [3.63, 3.8) is 0 Å². The molecule has 17 heavy (non-hydrogen) atoms. The van der Waals surface area contributed by atoms with Crippen molar-refractivity contribution in [1.82, 2.24) is 10.2 Å². The molecule has 1 aromatic rings. The van der Waals surface area contributed by atoms with E-state index in [-0.39, 0.29) is 0 Å². The first-order valence-corrected chi connectivity index (χ1v) is 6.36. The van der Waals surface area contributed by atoms with Gasteiger partial charge in [0.2, 0.25) is 0 Å². The first-order valence-electron chi connectivity index (χ1n) is 6.36. The van der Waals surface area contributed by atoms with E-state index in [1.165, 1.54) is 5.56 Å². The van der Waals surface area contributed by atoms with Gasteiger partial charge in [0.05, 0.1) is 5.69 Å². The summed E-state index contributed by atoms with van der Waals surface area (Å²) in [7, 11) is 2.04. The van der Waals surface area contributed by atoms with Gasteiger partial charge >= 0.3 is 0 Å². The quantitative estimate of drug-likeness (QED) is 0.848. The molecule has 1 heterocycles. The van der Waals surface area contributed by atoms with Gasteiger partial charge in [0, 0.05) is 25.2 Å². The number of hydrogen-bond acceptors (Lipinski definition) is 4. The van der Waals surface area contributed by atoms with Gasteiger partial charge < -0.3 is 10.6 Å². The van der Waals surface area contributed by atoms with Crippen molar-refractivity contribution in [1.29, 1.82) is 0 Å². The molecule has 0 fully saturated rings. The highest BCUT2D eigenvalue weighted by Crippen LogP contribution is 2.23. The van der Waals surface area contributed by atoms with Gasteiger partial charge in [-0.25, -0.2) is 0 Å². The van der Waals surface area contributed by atoms with Crippen LogP contribution in [0, 0.1) is 0 Å². The summed E-state index contributed by atoms with van der Waals surface area (Å²) in [6.45, 7) is 9.06. The highest BCUT2D eigenvalue weighted by atomic mass is 15.3. The normalized spacial score (nSPS) is 11.0. The Hall–Kier alpha value is -1.16. The van der Waals surface area contributed by atoms with Gasteiger partial charge in [-0.15, -0.1) is 5.10 Å². The molecule has 0 radical (unpaired) electrons. The average Bonchev–Trinajstić information content (AvgIpc) is 2.35. The summed E-state index contributed by atoms with van der Waals surface area (Å²) in [4.78, 5) is 2.13. The molecule has 0 spiro atoms. The molecule has 0 aromatic carbocycles. The minimum atomic E-state index is 0.395. The smallest absolute Gasteiger partial charge is 0.156 e. The molecule has 1 aromatic heterocycles.